The van der Waals surface area contributed by atoms with E-state index in [4.69, 9.17) is 0 Å². The highest BCUT2D eigenvalue weighted by atomic mass is 79.9. The Hall–Kier alpha value is -1.69. The fourth-order valence-corrected chi connectivity index (χ4v) is 1.68. The monoisotopic (exact) mass is 295 g/mol. The van der Waals surface area contributed by atoms with Gasteiger partial charge in [-0.25, -0.2) is 0 Å². The van der Waals surface area contributed by atoms with E-state index in [-0.39, 0.29) is 22.8 Å². The molecule has 0 saturated carbocycles. The van der Waals surface area contributed by atoms with Crippen LogP contribution in [0, 0.1) is 0 Å². The van der Waals surface area contributed by atoms with Gasteiger partial charge in [0.1, 0.15) is 5.69 Å². The molecule has 0 aliphatic carbocycles. The summed E-state index contributed by atoms with van der Waals surface area (Å²) >= 11 is 3.27. The molecule has 2 heterocycles. The van der Waals surface area contributed by atoms with Crippen molar-refractivity contribution in [3.05, 3.63) is 38.7 Å². The maximum Gasteiger partial charge on any atom is 0.258 e. The van der Waals surface area contributed by atoms with Crippen molar-refractivity contribution in [3.63, 3.8) is 0 Å². The minimum atomic E-state index is -0.334. The van der Waals surface area contributed by atoms with Gasteiger partial charge in [0.25, 0.3) is 5.56 Å². The second-order valence-corrected chi connectivity index (χ2v) is 4.35. The molecule has 5 nitrogen and oxygen atoms in total. The Morgan fingerprint density at radius 2 is 2.24 bits per heavy atom. The van der Waals surface area contributed by atoms with E-state index < -0.39 is 0 Å². The highest BCUT2D eigenvalue weighted by Gasteiger charge is 2.10. The number of aromatic amines is 1. The highest BCUT2D eigenvalue weighted by Crippen LogP contribution is 2.17. The number of hydrogen-bond acceptors (Lipinski definition) is 4. The van der Waals surface area contributed by atoms with Crippen molar-refractivity contribution in [2.45, 2.75) is 13.3 Å². The number of hydrogen-bond donors (Lipinski definition) is 2. The van der Waals surface area contributed by atoms with E-state index in [2.05, 4.69) is 30.9 Å². The number of halogens is 1. The third kappa shape index (κ3) is 2.36. The molecule has 0 amide bonds. The minimum Gasteiger partial charge on any atom is -0.493 e. The zero-order chi connectivity index (χ0) is 12.4. The molecule has 0 atom stereocenters. The van der Waals surface area contributed by atoms with Crippen LogP contribution in [0.2, 0.25) is 0 Å². The van der Waals surface area contributed by atoms with Crippen molar-refractivity contribution in [3.8, 4) is 17.4 Å². The predicted molar refractivity (Wildman–Crippen MR) is 66.8 cm³/mol. The van der Waals surface area contributed by atoms with Crippen LogP contribution in [-0.2, 0) is 6.42 Å². The zero-order valence-electron chi connectivity index (χ0n) is 9.07. The van der Waals surface area contributed by atoms with Crippen LogP contribution >= 0.6 is 15.9 Å². The number of nitrogens with zero attached hydrogens (tertiary/aromatic N) is 2. The summed E-state index contributed by atoms with van der Waals surface area (Å²) in [4.78, 5) is 22.3. The summed E-state index contributed by atoms with van der Waals surface area (Å²) in [6.45, 7) is 1.78. The van der Waals surface area contributed by atoms with Crippen molar-refractivity contribution < 1.29 is 5.11 Å². The Labute approximate surface area is 106 Å². The number of aromatic hydroxyl groups is 1. The lowest BCUT2D eigenvalue weighted by atomic mass is 10.2. The maximum atomic E-state index is 11.6. The molecule has 0 unspecified atom stereocenters. The van der Waals surface area contributed by atoms with Gasteiger partial charge in [-0.1, -0.05) is 6.92 Å². The molecule has 88 valence electrons. The summed E-state index contributed by atoms with van der Waals surface area (Å²) in [6.07, 6.45) is 2.03. The summed E-state index contributed by atoms with van der Waals surface area (Å²) in [5.74, 6) is 0.0215. The first-order valence-electron chi connectivity index (χ1n) is 5.06. The number of H-pyrrole nitrogens is 1. The third-order valence-electron chi connectivity index (χ3n) is 2.32. The lowest BCUT2D eigenvalue weighted by Gasteiger charge is -2.03. The van der Waals surface area contributed by atoms with Gasteiger partial charge in [-0.15, -0.1) is 0 Å². The molecule has 0 aliphatic rings. The summed E-state index contributed by atoms with van der Waals surface area (Å²) in [5, 5.41) is 9.62. The Kier molecular flexibility index (Phi) is 3.23. The smallest absolute Gasteiger partial charge is 0.258 e. The average molecular weight is 296 g/mol. The largest absolute Gasteiger partial charge is 0.493 e. The molecule has 0 aromatic carbocycles. The number of nitrogens with one attached hydrogen (secondary N) is 1. The second kappa shape index (κ2) is 4.67. The fraction of sp³-hybridized carbons (Fsp3) is 0.182. The molecule has 0 fully saturated rings. The normalized spacial score (nSPS) is 10.5. The highest BCUT2D eigenvalue weighted by molar-refractivity contribution is 9.10. The molecule has 6 heteroatoms. The van der Waals surface area contributed by atoms with Crippen LogP contribution in [0.15, 0.2) is 27.6 Å². The number of pyridine rings is 1. The van der Waals surface area contributed by atoms with Crippen LogP contribution < -0.4 is 5.56 Å². The topological polar surface area (TPSA) is 78.9 Å². The molecule has 0 radical (unpaired) electrons. The number of rotatable bonds is 2. The van der Waals surface area contributed by atoms with Crippen molar-refractivity contribution in [2.24, 2.45) is 0 Å². The van der Waals surface area contributed by atoms with Crippen LogP contribution in [0.5, 0.6) is 5.88 Å². The first kappa shape index (κ1) is 11.8. The zero-order valence-corrected chi connectivity index (χ0v) is 10.7. The molecule has 2 aromatic heterocycles. The van der Waals surface area contributed by atoms with Gasteiger partial charge >= 0.3 is 0 Å². The van der Waals surface area contributed by atoms with Gasteiger partial charge in [-0.2, -0.15) is 4.98 Å². The quantitative estimate of drug-likeness (QED) is 0.886. The summed E-state index contributed by atoms with van der Waals surface area (Å²) < 4.78 is 0.831. The van der Waals surface area contributed by atoms with Crippen LogP contribution in [0.3, 0.4) is 0 Å². The molecule has 0 saturated heterocycles. The summed E-state index contributed by atoms with van der Waals surface area (Å²) in [7, 11) is 0. The van der Waals surface area contributed by atoms with E-state index >= 15 is 0 Å². The SMILES string of the molecule is CCc1c(O)nc(-c2ccc(Br)cn2)[nH]c1=O. The Balaban J connectivity index is 2.54. The molecule has 0 aliphatic heterocycles. The second-order valence-electron chi connectivity index (χ2n) is 3.43. The maximum absolute atomic E-state index is 11.6. The first-order valence-corrected chi connectivity index (χ1v) is 5.85. The van der Waals surface area contributed by atoms with Gasteiger partial charge in [-0.05, 0) is 34.5 Å². The molecular formula is C11H10BrN3O2. The van der Waals surface area contributed by atoms with Crippen LogP contribution in [0.25, 0.3) is 11.5 Å². The third-order valence-corrected chi connectivity index (χ3v) is 2.79. The van der Waals surface area contributed by atoms with Gasteiger partial charge in [0.05, 0.1) is 5.56 Å². The van der Waals surface area contributed by atoms with E-state index in [9.17, 15) is 9.90 Å². The Morgan fingerprint density at radius 1 is 1.47 bits per heavy atom. The van der Waals surface area contributed by atoms with Crippen LogP contribution in [-0.4, -0.2) is 20.1 Å². The van der Waals surface area contributed by atoms with Gasteiger partial charge in [-0.3, -0.25) is 9.78 Å². The lowest BCUT2D eigenvalue weighted by Crippen LogP contribution is -2.14. The van der Waals surface area contributed by atoms with Crippen molar-refractivity contribution >= 4 is 15.9 Å². The van der Waals surface area contributed by atoms with Gasteiger partial charge in [0.15, 0.2) is 5.82 Å². The van der Waals surface area contributed by atoms with E-state index in [0.29, 0.717) is 12.1 Å². The first-order chi connectivity index (χ1) is 8.11. The molecule has 2 aromatic rings. The lowest BCUT2D eigenvalue weighted by molar-refractivity contribution is 0.444. The van der Waals surface area contributed by atoms with Crippen molar-refractivity contribution in [1.82, 2.24) is 15.0 Å². The van der Waals surface area contributed by atoms with E-state index in [1.54, 1.807) is 25.3 Å². The van der Waals surface area contributed by atoms with Crippen molar-refractivity contribution in [1.29, 1.82) is 0 Å². The minimum absolute atomic E-state index is 0.240. The molecule has 0 spiro atoms. The molecule has 2 N–H and O–H groups in total. The number of aromatic nitrogens is 3. The van der Waals surface area contributed by atoms with E-state index in [1.165, 1.54) is 0 Å². The van der Waals surface area contributed by atoms with Crippen molar-refractivity contribution in [2.75, 3.05) is 0 Å². The van der Waals surface area contributed by atoms with Gasteiger partial charge < -0.3 is 10.1 Å². The summed E-state index contributed by atoms with van der Waals surface area (Å²) in [5.41, 5.74) is 0.453. The van der Waals surface area contributed by atoms with Crippen LogP contribution in [0.4, 0.5) is 0 Å². The molecule has 2 rings (SSSR count). The Bertz CT molecular complexity index is 593. The molecule has 17 heavy (non-hydrogen) atoms. The summed E-state index contributed by atoms with van der Waals surface area (Å²) in [6, 6.07) is 3.49. The van der Waals surface area contributed by atoms with E-state index in [1.807, 2.05) is 0 Å². The average Bonchev–Trinajstić information content (AvgIpc) is 2.29. The molecule has 0 bridgehead atoms. The predicted octanol–water partition coefficient (Wildman–Crippen LogP) is 1.86. The van der Waals surface area contributed by atoms with Gasteiger partial charge in [0.2, 0.25) is 5.88 Å². The van der Waals surface area contributed by atoms with Crippen LogP contribution in [0.1, 0.15) is 12.5 Å². The van der Waals surface area contributed by atoms with Gasteiger partial charge in [0, 0.05) is 10.7 Å². The Morgan fingerprint density at radius 3 is 2.76 bits per heavy atom. The fourth-order valence-electron chi connectivity index (χ4n) is 1.44. The molecular weight excluding hydrogens is 286 g/mol. The standard InChI is InChI=1S/C11H10BrN3O2/c1-2-7-10(16)14-9(15-11(7)17)8-4-3-6(12)5-13-8/h3-5H,2H2,1H3,(H2,14,15,16,17). The van der Waals surface area contributed by atoms with E-state index in [0.717, 1.165) is 4.47 Å².